The summed E-state index contributed by atoms with van der Waals surface area (Å²) >= 11 is 3.48. The fourth-order valence-corrected chi connectivity index (χ4v) is 2.69. The van der Waals surface area contributed by atoms with Crippen LogP contribution in [-0.4, -0.2) is 19.2 Å². The fourth-order valence-electron chi connectivity index (χ4n) is 2.01. The van der Waals surface area contributed by atoms with E-state index in [2.05, 4.69) is 20.9 Å². The number of aryl methyl sites for hydroxylation is 1. The second-order valence-electron chi connectivity index (χ2n) is 4.41. The first-order chi connectivity index (χ1) is 9.58. The lowest BCUT2D eigenvalue weighted by Crippen LogP contribution is -2.14. The van der Waals surface area contributed by atoms with Crippen molar-refractivity contribution in [3.05, 3.63) is 51.8 Å². The topological polar surface area (TPSA) is 57.4 Å². The van der Waals surface area contributed by atoms with Crippen molar-refractivity contribution in [2.24, 2.45) is 5.73 Å². The van der Waals surface area contributed by atoms with Crippen LogP contribution in [-0.2, 0) is 0 Å². The number of nitrogens with two attached hydrogens (primary N) is 1. The minimum absolute atomic E-state index is 0.305. The van der Waals surface area contributed by atoms with E-state index in [1.807, 2.05) is 31.2 Å². The first-order valence-electron chi connectivity index (χ1n) is 6.17. The third-order valence-corrected chi connectivity index (χ3v) is 3.90. The number of rotatable bonds is 4. The van der Waals surface area contributed by atoms with Crippen LogP contribution in [0.3, 0.4) is 0 Å². The average molecular weight is 337 g/mol. The molecule has 106 valence electrons. The van der Waals surface area contributed by atoms with E-state index in [0.29, 0.717) is 11.5 Å². The average Bonchev–Trinajstić information content (AvgIpc) is 2.47. The van der Waals surface area contributed by atoms with E-state index in [0.717, 1.165) is 21.3 Å². The Morgan fingerprint density at radius 3 is 2.45 bits per heavy atom. The number of nitrogens with zero attached hydrogens (tertiary/aromatic N) is 1. The maximum absolute atomic E-state index is 6.32. The Morgan fingerprint density at radius 2 is 1.90 bits per heavy atom. The number of benzene rings is 1. The largest absolute Gasteiger partial charge is 0.495 e. The molecule has 0 radical (unpaired) electrons. The van der Waals surface area contributed by atoms with E-state index in [-0.39, 0.29) is 6.04 Å². The van der Waals surface area contributed by atoms with Crippen molar-refractivity contribution in [1.82, 2.24) is 4.98 Å². The minimum Gasteiger partial charge on any atom is -0.495 e. The fraction of sp³-hybridized carbons (Fsp3) is 0.267. The lowest BCUT2D eigenvalue weighted by Gasteiger charge is -2.18. The molecule has 0 saturated carbocycles. The van der Waals surface area contributed by atoms with E-state index in [1.54, 1.807) is 20.4 Å². The lowest BCUT2D eigenvalue weighted by atomic mass is 9.99. The molecule has 0 bridgehead atoms. The third kappa shape index (κ3) is 2.78. The number of aromatic nitrogens is 1. The van der Waals surface area contributed by atoms with Gasteiger partial charge in [-0.15, -0.1) is 0 Å². The van der Waals surface area contributed by atoms with E-state index in [9.17, 15) is 0 Å². The van der Waals surface area contributed by atoms with Gasteiger partial charge in [0.25, 0.3) is 0 Å². The van der Waals surface area contributed by atoms with Gasteiger partial charge in [0.1, 0.15) is 16.0 Å². The number of ether oxygens (including phenoxy) is 2. The van der Waals surface area contributed by atoms with Crippen LogP contribution in [0.5, 0.6) is 11.5 Å². The van der Waals surface area contributed by atoms with Gasteiger partial charge >= 0.3 is 0 Å². The molecule has 2 rings (SSSR count). The van der Waals surface area contributed by atoms with Crippen LogP contribution < -0.4 is 15.2 Å². The van der Waals surface area contributed by atoms with E-state index in [1.165, 1.54) is 0 Å². The van der Waals surface area contributed by atoms with Crippen LogP contribution in [0.4, 0.5) is 0 Å². The Hall–Kier alpha value is -1.59. The van der Waals surface area contributed by atoms with Crippen LogP contribution in [0.15, 0.2) is 34.9 Å². The molecule has 2 aromatic rings. The lowest BCUT2D eigenvalue weighted by molar-refractivity contribution is 0.385. The van der Waals surface area contributed by atoms with E-state index in [4.69, 9.17) is 15.2 Å². The van der Waals surface area contributed by atoms with Crippen LogP contribution in [0.1, 0.15) is 22.9 Å². The maximum Gasteiger partial charge on any atom is 0.141 e. The summed E-state index contributed by atoms with van der Waals surface area (Å²) in [6.45, 7) is 1.94. The van der Waals surface area contributed by atoms with Gasteiger partial charge in [0.05, 0.1) is 20.3 Å². The normalized spacial score (nSPS) is 12.1. The van der Waals surface area contributed by atoms with Gasteiger partial charge in [-0.3, -0.25) is 4.98 Å². The van der Waals surface area contributed by atoms with Gasteiger partial charge in [-0.25, -0.2) is 0 Å². The Balaban J connectivity index is 2.46. The zero-order valence-electron chi connectivity index (χ0n) is 11.7. The van der Waals surface area contributed by atoms with Crippen molar-refractivity contribution in [3.63, 3.8) is 0 Å². The molecule has 0 fully saturated rings. The summed E-state index contributed by atoms with van der Waals surface area (Å²) < 4.78 is 11.5. The molecular formula is C15H17BrN2O2. The molecule has 0 saturated heterocycles. The summed E-state index contributed by atoms with van der Waals surface area (Å²) in [5.41, 5.74) is 9.10. The Bertz CT molecular complexity index is 600. The quantitative estimate of drug-likeness (QED) is 0.931. The van der Waals surface area contributed by atoms with Crippen LogP contribution in [0, 0.1) is 6.92 Å². The molecule has 0 aliphatic carbocycles. The highest BCUT2D eigenvalue weighted by Crippen LogP contribution is 2.40. The highest BCUT2D eigenvalue weighted by Gasteiger charge is 2.19. The molecule has 1 atom stereocenters. The van der Waals surface area contributed by atoms with E-state index >= 15 is 0 Å². The molecule has 1 heterocycles. The molecule has 4 nitrogen and oxygen atoms in total. The molecule has 1 aromatic carbocycles. The SMILES string of the molecule is COc1ccc(C(N)c2ccc(C)nc2)c(OC)c1Br. The molecule has 0 aliphatic heterocycles. The van der Waals surface area contributed by atoms with Gasteiger partial charge in [0, 0.05) is 17.5 Å². The van der Waals surface area contributed by atoms with Crippen molar-refractivity contribution in [3.8, 4) is 11.5 Å². The molecule has 2 N–H and O–H groups in total. The second-order valence-corrected chi connectivity index (χ2v) is 5.21. The van der Waals surface area contributed by atoms with Crippen molar-refractivity contribution in [2.45, 2.75) is 13.0 Å². The number of pyridine rings is 1. The molecule has 5 heteroatoms. The van der Waals surface area contributed by atoms with Crippen LogP contribution in [0.2, 0.25) is 0 Å². The molecule has 0 amide bonds. The maximum atomic E-state index is 6.32. The molecule has 0 spiro atoms. The summed E-state index contributed by atoms with van der Waals surface area (Å²) in [5, 5.41) is 0. The molecule has 1 aromatic heterocycles. The summed E-state index contributed by atoms with van der Waals surface area (Å²) in [5.74, 6) is 1.39. The second kappa shape index (κ2) is 6.24. The monoisotopic (exact) mass is 336 g/mol. The number of hydrogen-bond acceptors (Lipinski definition) is 4. The molecular weight excluding hydrogens is 320 g/mol. The smallest absolute Gasteiger partial charge is 0.141 e. The zero-order valence-corrected chi connectivity index (χ0v) is 13.3. The number of halogens is 1. The molecule has 0 aliphatic rings. The van der Waals surface area contributed by atoms with E-state index < -0.39 is 0 Å². The Labute approximate surface area is 127 Å². The number of hydrogen-bond donors (Lipinski definition) is 1. The van der Waals surface area contributed by atoms with Crippen molar-refractivity contribution >= 4 is 15.9 Å². The summed E-state index contributed by atoms with van der Waals surface area (Å²) in [7, 11) is 3.23. The van der Waals surface area contributed by atoms with Gasteiger partial charge in [-0.05, 0) is 46.6 Å². The van der Waals surface area contributed by atoms with Gasteiger partial charge < -0.3 is 15.2 Å². The highest BCUT2D eigenvalue weighted by molar-refractivity contribution is 9.10. The summed E-state index contributed by atoms with van der Waals surface area (Å²) in [6, 6.07) is 7.39. The Kier molecular flexibility index (Phi) is 4.62. The van der Waals surface area contributed by atoms with Gasteiger partial charge in [0.2, 0.25) is 0 Å². The number of methoxy groups -OCH3 is 2. The molecule has 1 unspecified atom stereocenters. The van der Waals surface area contributed by atoms with Gasteiger partial charge in [-0.2, -0.15) is 0 Å². The summed E-state index contributed by atoms with van der Waals surface area (Å²) in [4.78, 5) is 4.28. The minimum atomic E-state index is -0.305. The van der Waals surface area contributed by atoms with Crippen LogP contribution in [0.25, 0.3) is 0 Å². The van der Waals surface area contributed by atoms with Gasteiger partial charge in [-0.1, -0.05) is 6.07 Å². The van der Waals surface area contributed by atoms with Crippen molar-refractivity contribution < 1.29 is 9.47 Å². The predicted octanol–water partition coefficient (Wildman–Crippen LogP) is 3.22. The van der Waals surface area contributed by atoms with Crippen molar-refractivity contribution in [2.75, 3.05) is 14.2 Å². The predicted molar refractivity (Wildman–Crippen MR) is 82.3 cm³/mol. The molecule has 20 heavy (non-hydrogen) atoms. The highest BCUT2D eigenvalue weighted by atomic mass is 79.9. The first kappa shape index (κ1) is 14.8. The van der Waals surface area contributed by atoms with Crippen molar-refractivity contribution in [1.29, 1.82) is 0 Å². The van der Waals surface area contributed by atoms with Crippen LogP contribution >= 0.6 is 15.9 Å². The Morgan fingerprint density at radius 1 is 1.15 bits per heavy atom. The standard InChI is InChI=1S/C15H17BrN2O2/c1-9-4-5-10(8-18-9)14(17)11-6-7-12(19-2)13(16)15(11)20-3/h4-8,14H,17H2,1-3H3. The zero-order chi connectivity index (χ0) is 14.7. The van der Waals surface area contributed by atoms with Gasteiger partial charge in [0.15, 0.2) is 0 Å². The third-order valence-electron chi connectivity index (χ3n) is 3.14. The first-order valence-corrected chi connectivity index (χ1v) is 6.96. The summed E-state index contributed by atoms with van der Waals surface area (Å²) in [6.07, 6.45) is 1.79.